The Morgan fingerprint density at radius 3 is 1.09 bits per heavy atom. The molecule has 17 rings (SSSR count). The van der Waals surface area contributed by atoms with Crippen LogP contribution in [0.15, 0.2) is 329 Å². The first-order chi connectivity index (χ1) is 59.0. The summed E-state index contributed by atoms with van der Waals surface area (Å²) in [6, 6.07) is 86.3. The van der Waals surface area contributed by atoms with E-state index in [0.717, 1.165) is 95.1 Å². The third kappa shape index (κ3) is 20.5. The third-order valence-electron chi connectivity index (χ3n) is 19.6. The number of hydrogen-bond donors (Lipinski definition) is 10. The van der Waals surface area contributed by atoms with E-state index in [1.165, 1.54) is 0 Å². The maximum Gasteiger partial charge on any atom is 0.488 e. The number of halogens is 3. The summed E-state index contributed by atoms with van der Waals surface area (Å²) in [5.41, 5.74) is 29.9. The van der Waals surface area contributed by atoms with E-state index in [9.17, 15) is 14.4 Å². The van der Waals surface area contributed by atoms with Gasteiger partial charge in [0.25, 0.3) is 16.7 Å². The Labute approximate surface area is 721 Å². The smallest absolute Gasteiger partial charge is 0.423 e. The molecule has 8 heterocycles. The molecule has 0 bridgehead atoms. The summed E-state index contributed by atoms with van der Waals surface area (Å²) >= 11 is 16.2. The number of para-hydroxylation sites is 3. The van der Waals surface area contributed by atoms with Crippen LogP contribution < -0.4 is 60.8 Å². The molecule has 29 heteroatoms. The lowest BCUT2D eigenvalue weighted by molar-refractivity contribution is 0.424. The van der Waals surface area contributed by atoms with Crippen molar-refractivity contribution in [1.82, 2.24) is 53.6 Å². The lowest BCUT2D eigenvalue weighted by Gasteiger charge is -2.23. The minimum absolute atomic E-state index is 0.0945. The van der Waals surface area contributed by atoms with Gasteiger partial charge < -0.3 is 53.2 Å². The molecular weight excluding hydrogens is 1640 g/mol. The first-order valence-corrected chi connectivity index (χ1v) is 40.1. The minimum atomic E-state index is -1.39. The highest BCUT2D eigenvalue weighted by atomic mass is 79.9. The van der Waals surface area contributed by atoms with E-state index in [4.69, 9.17) is 60.5 Å². The summed E-state index contributed by atoms with van der Waals surface area (Å²) < 4.78 is 5.82. The molecule has 0 aliphatic rings. The van der Waals surface area contributed by atoms with Crippen LogP contribution in [-0.2, 0) is 0 Å². The summed E-state index contributed by atoms with van der Waals surface area (Å²) in [5, 5.41) is 49.7. The Morgan fingerprint density at radius 2 is 0.705 bits per heavy atom. The van der Waals surface area contributed by atoms with Gasteiger partial charge in [-0.25, -0.2) is 15.0 Å². The standard InChI is InChI=1S/C33H28N6O.C27H22ClN5O.C21H17BrClN5O.C6H8BNO2.C6H7BO2/c1-21-18-24(16-17-35-21)27-15-9-12-25-19-29(39(32(40)30(25)27)26-13-7-4-8-14-26)22(2)37-31-28(20-36-33(34)38-31)23-10-5-3-6-11-23;1-17(31-25-21(16-30-27(29)32-25)18-9-4-2-5-10-18)23-15-19-11-8-14-22(28)24(19)26(34)33(23)20-12-6-3-7-13-20;1-12(26-19-15(22)11-25-21(24)27-19)17-10-13-6-5-9-16(23)18(13)20(29)28(17)14-7-3-2-4-8-14;1-5-4-6(7(9)10)2-3-8-5;8-7(9)6-4-2-1-3-5-6/h3-20,22H,1-2H3,(H3,34,36,37,38);2-17H,1H3,(H3,29,30,31,32);2-12H,1H3,(H3,24,25,26,27);2-4,9-10H,1H3;1-5,8-9H/t22-;17-;12-;;/m000../s1. The van der Waals surface area contributed by atoms with Gasteiger partial charge in [0.2, 0.25) is 17.8 Å². The van der Waals surface area contributed by atoms with E-state index >= 15 is 0 Å². The second-order valence-corrected chi connectivity index (χ2v) is 29.8. The molecule has 17 aromatic rings. The summed E-state index contributed by atoms with van der Waals surface area (Å²) in [6.07, 6.45) is 8.33. The van der Waals surface area contributed by atoms with Gasteiger partial charge >= 0.3 is 14.2 Å². The van der Waals surface area contributed by atoms with Gasteiger partial charge in [0.15, 0.2) is 0 Å². The Balaban J connectivity index is 0.000000143. The average Bonchev–Trinajstić information content (AvgIpc) is 0.757. The molecule has 0 aliphatic heterocycles. The second-order valence-electron chi connectivity index (χ2n) is 28.1. The van der Waals surface area contributed by atoms with Gasteiger partial charge in [0.05, 0.1) is 48.8 Å². The molecule has 0 fully saturated rings. The fourth-order valence-electron chi connectivity index (χ4n) is 13.8. The van der Waals surface area contributed by atoms with Crippen molar-refractivity contribution in [3.05, 3.63) is 384 Å². The van der Waals surface area contributed by atoms with Gasteiger partial charge in [-0.05, 0) is 191 Å². The van der Waals surface area contributed by atoms with E-state index in [1.54, 1.807) is 100 Å². The predicted octanol–water partition coefficient (Wildman–Crippen LogP) is 15.8. The summed E-state index contributed by atoms with van der Waals surface area (Å²) in [7, 11) is -2.73. The van der Waals surface area contributed by atoms with Crippen LogP contribution in [0, 0.1) is 13.8 Å². The molecule has 122 heavy (non-hydrogen) atoms. The van der Waals surface area contributed by atoms with Crippen LogP contribution in [0.5, 0.6) is 0 Å². The number of fused-ring (bicyclic) bond motifs is 3. The van der Waals surface area contributed by atoms with Crippen LogP contribution in [0.3, 0.4) is 0 Å². The van der Waals surface area contributed by atoms with Crippen molar-refractivity contribution in [2.24, 2.45) is 0 Å². The van der Waals surface area contributed by atoms with Crippen molar-refractivity contribution in [2.75, 3.05) is 33.2 Å². The van der Waals surface area contributed by atoms with Gasteiger partial charge in [-0.2, -0.15) is 15.0 Å². The van der Waals surface area contributed by atoms with E-state index in [2.05, 4.69) is 77.8 Å². The summed E-state index contributed by atoms with van der Waals surface area (Å²) in [6.45, 7) is 9.70. The molecule has 13 N–H and O–H groups in total. The SMILES string of the molecule is C[C@H](Nc1nc(N)ncc1-c1ccccc1)c1cc2cccc(Cl)c2c(=O)n1-c1ccccc1.C[C@H](Nc1nc(N)ncc1Br)c1cc2cccc(Cl)c2c(=O)n1-c1ccccc1.Cc1cc(-c2cccc3cc([C@H](C)Nc4nc(N)ncc4-c4ccccc4)n(-c4ccccc4)c(=O)c23)ccn1.Cc1cc(B(O)O)ccn1.OB(O)c1ccccc1. The van der Waals surface area contributed by atoms with Crippen molar-refractivity contribution < 1.29 is 20.1 Å². The lowest BCUT2D eigenvalue weighted by Crippen LogP contribution is -2.29. The lowest BCUT2D eigenvalue weighted by atomic mass is 9.81. The summed E-state index contributed by atoms with van der Waals surface area (Å²) in [5.74, 6) is 2.23. The van der Waals surface area contributed by atoms with Crippen LogP contribution in [0.25, 0.3) is 82.8 Å². The first kappa shape index (κ1) is 85.8. The van der Waals surface area contributed by atoms with Crippen LogP contribution >= 0.6 is 39.1 Å². The second kappa shape index (κ2) is 39.7. The fraction of sp³-hybridized carbons (Fsp3) is 0.0860. The number of nitrogen functional groups attached to an aromatic ring is 3. The van der Waals surface area contributed by atoms with Gasteiger partial charge in [-0.3, -0.25) is 38.1 Å². The molecule has 0 amide bonds. The molecule has 0 spiro atoms. The molecule has 24 nitrogen and oxygen atoms in total. The molecule has 0 unspecified atom stereocenters. The summed E-state index contributed by atoms with van der Waals surface area (Å²) in [4.78, 5) is 75.4. The highest BCUT2D eigenvalue weighted by molar-refractivity contribution is 9.10. The number of hydrogen-bond acceptors (Lipinski definition) is 21. The minimum Gasteiger partial charge on any atom is -0.423 e. The van der Waals surface area contributed by atoms with Crippen molar-refractivity contribution in [3.8, 4) is 50.4 Å². The Morgan fingerprint density at radius 1 is 0.361 bits per heavy atom. The number of pyridine rings is 5. The van der Waals surface area contributed by atoms with Crippen molar-refractivity contribution in [1.29, 1.82) is 0 Å². The predicted molar refractivity (Wildman–Crippen MR) is 496 cm³/mol. The zero-order chi connectivity index (χ0) is 86.1. The highest BCUT2D eigenvalue weighted by Crippen LogP contribution is 2.36. The van der Waals surface area contributed by atoms with Crippen LogP contribution in [0.1, 0.15) is 67.4 Å². The van der Waals surface area contributed by atoms with Crippen LogP contribution in [-0.4, -0.2) is 87.9 Å². The van der Waals surface area contributed by atoms with Crippen molar-refractivity contribution in [2.45, 2.75) is 52.7 Å². The Hall–Kier alpha value is -14.0. The number of anilines is 6. The molecule has 0 saturated carbocycles. The monoisotopic (exact) mass is 1720 g/mol. The zero-order valence-electron chi connectivity index (χ0n) is 66.6. The van der Waals surface area contributed by atoms with Crippen molar-refractivity contribution in [3.63, 3.8) is 0 Å². The number of benzene rings is 9. The van der Waals surface area contributed by atoms with E-state index < -0.39 is 14.2 Å². The Kier molecular flexibility index (Phi) is 27.9. The highest BCUT2D eigenvalue weighted by Gasteiger charge is 2.25. The van der Waals surface area contributed by atoms with Crippen LogP contribution in [0.4, 0.5) is 35.3 Å². The van der Waals surface area contributed by atoms with Crippen molar-refractivity contribution >= 4 is 132 Å². The van der Waals surface area contributed by atoms with Crippen LogP contribution in [0.2, 0.25) is 10.0 Å². The quantitative estimate of drug-likeness (QED) is 0.0379. The number of aryl methyl sites for hydroxylation is 2. The van der Waals surface area contributed by atoms with Gasteiger partial charge in [-0.15, -0.1) is 0 Å². The maximum absolute atomic E-state index is 14.4. The molecule has 608 valence electrons. The molecule has 0 saturated heterocycles. The van der Waals surface area contributed by atoms with E-state index in [1.807, 2.05) is 252 Å². The molecule has 0 radical (unpaired) electrons. The third-order valence-corrected chi connectivity index (χ3v) is 20.8. The largest absolute Gasteiger partial charge is 0.488 e. The van der Waals surface area contributed by atoms with E-state index in [-0.39, 0.29) is 52.6 Å². The normalized spacial score (nSPS) is 11.5. The van der Waals surface area contributed by atoms with E-state index in [0.29, 0.717) is 59.1 Å². The number of rotatable bonds is 17. The Bertz CT molecular complexity index is 6720. The fourth-order valence-corrected chi connectivity index (χ4v) is 14.7. The topological polar surface area (TPSA) is 364 Å². The van der Waals surface area contributed by atoms with Gasteiger partial charge in [0.1, 0.15) is 17.5 Å². The number of nitrogens with zero attached hydrogens (tertiary/aromatic N) is 11. The zero-order valence-corrected chi connectivity index (χ0v) is 69.7. The number of nitrogens with one attached hydrogen (secondary N) is 3. The number of nitrogens with two attached hydrogens (primary N) is 3. The number of aromatic nitrogens is 11. The molecular formula is C93H82B2BrCl2N17O7. The molecule has 3 atom stereocenters. The maximum atomic E-state index is 14.4. The first-order valence-electron chi connectivity index (χ1n) is 38.6. The van der Waals surface area contributed by atoms with Gasteiger partial charge in [0, 0.05) is 87.6 Å². The molecule has 0 aliphatic carbocycles. The molecule has 9 aromatic carbocycles. The average molecular weight is 1720 g/mol. The van der Waals surface area contributed by atoms with Gasteiger partial charge in [-0.1, -0.05) is 211 Å². The molecule has 8 aromatic heterocycles.